The van der Waals surface area contributed by atoms with E-state index in [9.17, 15) is 5.11 Å². The molecule has 13 nitrogen and oxygen atoms in total. The van der Waals surface area contributed by atoms with Gasteiger partial charge in [0.2, 0.25) is 0 Å². The molecule has 0 amide bonds. The fraction of sp³-hybridized carbons (Fsp3) is 1.00. The van der Waals surface area contributed by atoms with Crippen molar-refractivity contribution in [2.24, 2.45) is 61.7 Å². The number of aliphatic hydroxyl groups is 1. The summed E-state index contributed by atoms with van der Waals surface area (Å²) in [6, 6.07) is 0. The molecule has 4 aliphatic carbocycles. The molecule has 4 saturated carbocycles. The Kier molecular flexibility index (Phi) is 12.3. The van der Waals surface area contributed by atoms with E-state index in [-0.39, 0.29) is 35.7 Å². The first-order valence-electron chi connectivity index (χ1n) is 16.3. The Morgan fingerprint density at radius 2 is 1.49 bits per heavy atom. The van der Waals surface area contributed by atoms with Crippen LogP contribution in [0.1, 0.15) is 78.6 Å². The zero-order chi connectivity index (χ0) is 30.9. The average molecular weight is 602 g/mol. The summed E-state index contributed by atoms with van der Waals surface area (Å²) in [4.78, 5) is 8.72. The Balaban J connectivity index is 1.65. The molecule has 0 spiro atoms. The van der Waals surface area contributed by atoms with Crippen LogP contribution in [0.2, 0.25) is 0 Å². The van der Waals surface area contributed by atoms with Crippen LogP contribution in [0.5, 0.6) is 0 Å². The first-order valence-corrected chi connectivity index (χ1v) is 16.3. The van der Waals surface area contributed by atoms with Crippen molar-refractivity contribution >= 4 is 0 Å². The lowest BCUT2D eigenvalue weighted by Crippen LogP contribution is -2.63. The van der Waals surface area contributed by atoms with Crippen LogP contribution < -0.4 is 0 Å². The first kappa shape index (κ1) is 33.7. The minimum absolute atomic E-state index is 0.0500. The Hall–Kier alpha value is -2.23. The van der Waals surface area contributed by atoms with E-state index < -0.39 is 0 Å². The lowest BCUT2D eigenvalue weighted by Gasteiger charge is -2.64. The van der Waals surface area contributed by atoms with Crippen LogP contribution in [0.25, 0.3) is 31.3 Å². The molecule has 0 aromatic heterocycles. The molecule has 0 bridgehead atoms. The third kappa shape index (κ3) is 7.20. The largest absolute Gasteiger partial charge is 0.396 e. The Morgan fingerprint density at radius 1 is 0.837 bits per heavy atom. The van der Waals surface area contributed by atoms with Crippen LogP contribution in [0.15, 0.2) is 15.3 Å². The van der Waals surface area contributed by atoms with Gasteiger partial charge in [0.1, 0.15) is 0 Å². The zero-order valence-electron chi connectivity index (χ0n) is 26.2. The molecule has 4 rings (SSSR count). The van der Waals surface area contributed by atoms with Crippen molar-refractivity contribution in [1.82, 2.24) is 0 Å². The Morgan fingerprint density at radius 3 is 2.14 bits per heavy atom. The highest BCUT2D eigenvalue weighted by atomic mass is 16.5. The van der Waals surface area contributed by atoms with Crippen molar-refractivity contribution in [2.45, 2.75) is 96.9 Å². The van der Waals surface area contributed by atoms with Crippen molar-refractivity contribution in [3.63, 3.8) is 0 Å². The van der Waals surface area contributed by atoms with Gasteiger partial charge in [-0.15, -0.1) is 0 Å². The van der Waals surface area contributed by atoms with Crippen LogP contribution in [0, 0.1) is 46.3 Å². The summed E-state index contributed by atoms with van der Waals surface area (Å²) in [5, 5.41) is 20.7. The molecule has 0 saturated heterocycles. The Bertz CT molecular complexity index is 1060. The summed E-state index contributed by atoms with van der Waals surface area (Å²) in [7, 11) is 0. The van der Waals surface area contributed by atoms with E-state index in [0.29, 0.717) is 75.0 Å². The third-order valence-corrected chi connectivity index (χ3v) is 12.0. The van der Waals surface area contributed by atoms with Crippen LogP contribution in [0.4, 0.5) is 0 Å². The van der Waals surface area contributed by atoms with E-state index in [1.54, 1.807) is 0 Å². The van der Waals surface area contributed by atoms with E-state index in [1.165, 1.54) is 0 Å². The molecular formula is C30H51N9O4. The molecule has 11 atom stereocenters. The van der Waals surface area contributed by atoms with E-state index in [1.807, 2.05) is 0 Å². The summed E-state index contributed by atoms with van der Waals surface area (Å²) >= 11 is 0. The zero-order valence-corrected chi connectivity index (χ0v) is 26.2. The molecule has 0 aromatic carbocycles. The summed E-state index contributed by atoms with van der Waals surface area (Å²) < 4.78 is 19.6. The SMILES string of the molecule is C[C@H](CCCO)[C@H]1CC[C@H]2[C@@H]3[C@H](OCCN=[N+]=[N-])C[C@@H]4C[C@H](OCCN=[N+]=[N-])CC[C@]4(C)[C@H]3C[C@H](OCCN=[N+]=[N-])[C@]12C. The molecule has 1 N–H and O–H groups in total. The second kappa shape index (κ2) is 15.7. The highest BCUT2D eigenvalue weighted by molar-refractivity contribution is 5.15. The minimum Gasteiger partial charge on any atom is -0.396 e. The number of fused-ring (bicyclic) bond motifs is 5. The van der Waals surface area contributed by atoms with Gasteiger partial charge in [-0.1, -0.05) is 36.1 Å². The fourth-order valence-corrected chi connectivity index (χ4v) is 10.1. The van der Waals surface area contributed by atoms with E-state index in [0.717, 1.165) is 57.8 Å². The van der Waals surface area contributed by atoms with E-state index in [4.69, 9.17) is 30.8 Å². The van der Waals surface area contributed by atoms with Crippen LogP contribution in [0.3, 0.4) is 0 Å². The molecular weight excluding hydrogens is 550 g/mol. The Labute approximate surface area is 255 Å². The normalized spacial score (nSPS) is 38.8. The van der Waals surface area contributed by atoms with Crippen LogP contribution in [-0.4, -0.2) is 69.5 Å². The molecule has 0 aliphatic heterocycles. The van der Waals surface area contributed by atoms with Gasteiger partial charge in [-0.2, -0.15) is 0 Å². The van der Waals surface area contributed by atoms with Crippen molar-refractivity contribution < 1.29 is 19.3 Å². The number of hydrogen-bond acceptors (Lipinski definition) is 7. The van der Waals surface area contributed by atoms with Gasteiger partial charge in [0.25, 0.3) is 0 Å². The molecule has 0 radical (unpaired) electrons. The number of aliphatic hydroxyl groups excluding tert-OH is 1. The smallest absolute Gasteiger partial charge is 0.0637 e. The van der Waals surface area contributed by atoms with Crippen LogP contribution >= 0.6 is 0 Å². The summed E-state index contributed by atoms with van der Waals surface area (Å²) in [6.45, 7) is 9.75. The number of azide groups is 3. The molecule has 4 fully saturated rings. The topological polar surface area (TPSA) is 194 Å². The molecule has 0 unspecified atom stereocenters. The second-order valence-corrected chi connectivity index (χ2v) is 13.8. The van der Waals surface area contributed by atoms with Gasteiger partial charge in [0, 0.05) is 46.4 Å². The molecule has 0 aromatic rings. The van der Waals surface area contributed by atoms with Gasteiger partial charge in [0.05, 0.1) is 38.1 Å². The van der Waals surface area contributed by atoms with Crippen molar-refractivity contribution in [2.75, 3.05) is 46.1 Å². The van der Waals surface area contributed by atoms with Gasteiger partial charge >= 0.3 is 0 Å². The van der Waals surface area contributed by atoms with E-state index in [2.05, 4.69) is 50.8 Å². The molecule has 13 heteroatoms. The highest BCUT2D eigenvalue weighted by Crippen LogP contribution is 2.69. The maximum atomic E-state index is 9.57. The predicted octanol–water partition coefficient (Wildman–Crippen LogP) is 7.36. The standard InChI is InChI=1S/C30H51N9O4/c1-20(5-4-13-40)23-6-7-24-28-25(19-27(30(23,24)3)43-16-12-36-39-33)29(2)9-8-22(41-14-10-34-37-31)17-21(29)18-26(28)42-15-11-35-38-32/h20-28,40H,4-19H2,1-3H3/t20-,21+,22-,23-,24+,25+,26-,27+,28+,29+,30-/m1/s1. The van der Waals surface area contributed by atoms with Gasteiger partial charge in [-0.25, -0.2) is 0 Å². The number of rotatable bonds is 16. The van der Waals surface area contributed by atoms with Crippen molar-refractivity contribution in [3.8, 4) is 0 Å². The lowest BCUT2D eigenvalue weighted by atomic mass is 9.43. The highest BCUT2D eigenvalue weighted by Gasteiger charge is 2.66. The van der Waals surface area contributed by atoms with E-state index >= 15 is 0 Å². The summed E-state index contributed by atoms with van der Waals surface area (Å²) in [5.41, 5.74) is 26.4. The van der Waals surface area contributed by atoms with Crippen molar-refractivity contribution in [3.05, 3.63) is 31.3 Å². The minimum atomic E-state index is -0.0520. The maximum absolute atomic E-state index is 9.57. The second-order valence-electron chi connectivity index (χ2n) is 13.8. The first-order chi connectivity index (χ1) is 20.8. The molecule has 240 valence electrons. The lowest BCUT2D eigenvalue weighted by molar-refractivity contribution is -0.226. The number of hydrogen-bond donors (Lipinski definition) is 1. The summed E-state index contributed by atoms with van der Waals surface area (Å²) in [6.07, 6.45) is 9.25. The van der Waals surface area contributed by atoms with Gasteiger partial charge in [-0.05, 0) is 115 Å². The molecule has 0 heterocycles. The average Bonchev–Trinajstić information content (AvgIpc) is 3.37. The van der Waals surface area contributed by atoms with Crippen molar-refractivity contribution in [1.29, 1.82) is 0 Å². The van der Waals surface area contributed by atoms with Crippen LogP contribution in [-0.2, 0) is 14.2 Å². The molecule has 43 heavy (non-hydrogen) atoms. The fourth-order valence-electron chi connectivity index (χ4n) is 10.1. The summed E-state index contributed by atoms with van der Waals surface area (Å²) in [5.74, 6) is 2.59. The monoisotopic (exact) mass is 601 g/mol. The van der Waals surface area contributed by atoms with Gasteiger partial charge in [-0.3, -0.25) is 0 Å². The quantitative estimate of drug-likeness (QED) is 0.0835. The molecule has 4 aliphatic rings. The predicted molar refractivity (Wildman–Crippen MR) is 163 cm³/mol. The van der Waals surface area contributed by atoms with Gasteiger partial charge < -0.3 is 19.3 Å². The number of ether oxygens (including phenoxy) is 3. The number of nitrogens with zero attached hydrogens (tertiary/aromatic N) is 9. The van der Waals surface area contributed by atoms with Gasteiger partial charge in [0.15, 0.2) is 0 Å². The maximum Gasteiger partial charge on any atom is 0.0637 e. The third-order valence-electron chi connectivity index (χ3n) is 12.0.